The van der Waals surface area contributed by atoms with Crippen LogP contribution in [0.5, 0.6) is 0 Å². The summed E-state index contributed by atoms with van der Waals surface area (Å²) in [5.41, 5.74) is 1.25. The van der Waals surface area contributed by atoms with Crippen LogP contribution in [0.1, 0.15) is 18.5 Å². The lowest BCUT2D eigenvalue weighted by Gasteiger charge is -2.17. The molecule has 1 unspecified atom stereocenters. The quantitative estimate of drug-likeness (QED) is 0.528. The maximum absolute atomic E-state index is 11.1. The van der Waals surface area contributed by atoms with Crippen molar-refractivity contribution in [2.75, 3.05) is 5.32 Å². The summed E-state index contributed by atoms with van der Waals surface area (Å²) < 4.78 is 0.755. The molecule has 1 atom stereocenters. The second-order valence-corrected chi connectivity index (χ2v) is 6.21. The molecule has 2 aromatic carbocycles. The smallest absolute Gasteiger partial charge is 0.292 e. The summed E-state index contributed by atoms with van der Waals surface area (Å²) in [7, 11) is 0. The van der Waals surface area contributed by atoms with Crippen molar-refractivity contribution in [2.45, 2.75) is 13.0 Å². The summed E-state index contributed by atoms with van der Waals surface area (Å²) in [6.45, 7) is 1.87. The first-order valence-electron chi connectivity index (χ1n) is 6.04. The second-order valence-electron chi connectivity index (χ2n) is 4.45. The summed E-state index contributed by atoms with van der Waals surface area (Å²) in [4.78, 5) is 10.6. The molecule has 1 N–H and O–H groups in total. The van der Waals surface area contributed by atoms with Gasteiger partial charge < -0.3 is 5.32 Å². The van der Waals surface area contributed by atoms with Gasteiger partial charge in [0, 0.05) is 20.6 Å². The van der Waals surface area contributed by atoms with E-state index >= 15 is 0 Å². The van der Waals surface area contributed by atoms with Gasteiger partial charge in [-0.1, -0.05) is 45.2 Å². The third kappa shape index (κ3) is 3.87. The Morgan fingerprint density at radius 3 is 2.57 bits per heavy atom. The molecule has 0 aliphatic heterocycles. The number of nitrogens with zero attached hydrogens (tertiary/aromatic N) is 1. The first kappa shape index (κ1) is 16.1. The number of anilines is 1. The number of halogens is 3. The van der Waals surface area contributed by atoms with Gasteiger partial charge in [0.15, 0.2) is 0 Å². The average molecular weight is 390 g/mol. The van der Waals surface area contributed by atoms with E-state index in [0.29, 0.717) is 15.7 Å². The topological polar surface area (TPSA) is 55.2 Å². The largest absolute Gasteiger partial charge is 0.373 e. The van der Waals surface area contributed by atoms with Gasteiger partial charge in [-0.05, 0) is 36.8 Å². The van der Waals surface area contributed by atoms with Crippen LogP contribution in [-0.4, -0.2) is 4.92 Å². The lowest BCUT2D eigenvalue weighted by atomic mass is 10.1. The van der Waals surface area contributed by atoms with Gasteiger partial charge in [-0.3, -0.25) is 10.1 Å². The predicted octanol–water partition coefficient (Wildman–Crippen LogP) is 5.84. The van der Waals surface area contributed by atoms with Crippen molar-refractivity contribution in [3.63, 3.8) is 0 Å². The summed E-state index contributed by atoms with van der Waals surface area (Å²) >= 11 is 15.3. The zero-order valence-electron chi connectivity index (χ0n) is 10.9. The lowest BCUT2D eigenvalue weighted by molar-refractivity contribution is -0.384. The first-order chi connectivity index (χ1) is 9.88. The Bertz CT molecular complexity index is 695. The molecule has 2 aromatic rings. The van der Waals surface area contributed by atoms with Crippen LogP contribution < -0.4 is 5.32 Å². The van der Waals surface area contributed by atoms with E-state index in [1.165, 1.54) is 6.07 Å². The minimum Gasteiger partial charge on any atom is -0.373 e. The van der Waals surface area contributed by atoms with Crippen LogP contribution in [0.4, 0.5) is 11.4 Å². The van der Waals surface area contributed by atoms with Gasteiger partial charge in [-0.2, -0.15) is 0 Å². The molecule has 0 amide bonds. The third-order valence-corrected chi connectivity index (χ3v) is 4.01. The molecule has 0 aliphatic rings. The molecule has 0 aliphatic carbocycles. The zero-order chi connectivity index (χ0) is 15.6. The fourth-order valence-corrected chi connectivity index (χ4v) is 2.88. The van der Waals surface area contributed by atoms with Crippen LogP contribution >= 0.6 is 39.1 Å². The van der Waals surface area contributed by atoms with E-state index in [9.17, 15) is 10.1 Å². The molecular formula is C14H11BrCl2N2O2. The van der Waals surface area contributed by atoms with E-state index in [0.717, 1.165) is 10.0 Å². The molecule has 0 bridgehead atoms. The summed E-state index contributed by atoms with van der Waals surface area (Å²) in [6, 6.07) is 9.71. The van der Waals surface area contributed by atoms with E-state index < -0.39 is 4.92 Å². The molecule has 4 nitrogen and oxygen atoms in total. The minimum absolute atomic E-state index is 0.00939. The fourth-order valence-electron chi connectivity index (χ4n) is 1.95. The molecule has 0 saturated heterocycles. The summed E-state index contributed by atoms with van der Waals surface area (Å²) in [5, 5.41) is 15.2. The summed E-state index contributed by atoms with van der Waals surface area (Å²) in [6.07, 6.45) is 0. The highest BCUT2D eigenvalue weighted by molar-refractivity contribution is 9.10. The van der Waals surface area contributed by atoms with Gasteiger partial charge in [-0.15, -0.1) is 0 Å². The number of benzene rings is 2. The Kier molecular flexibility index (Phi) is 5.08. The van der Waals surface area contributed by atoms with Crippen molar-refractivity contribution >= 4 is 50.5 Å². The van der Waals surface area contributed by atoms with E-state index in [-0.39, 0.29) is 11.7 Å². The number of nitro groups is 1. The molecule has 0 saturated carbocycles. The van der Waals surface area contributed by atoms with Crippen LogP contribution in [0.2, 0.25) is 10.0 Å². The van der Waals surface area contributed by atoms with Crippen LogP contribution in [0.15, 0.2) is 40.9 Å². The number of nitrogens with one attached hydrogen (secondary N) is 1. The monoisotopic (exact) mass is 388 g/mol. The molecule has 110 valence electrons. The lowest BCUT2D eigenvalue weighted by Crippen LogP contribution is -2.09. The Labute approximate surface area is 140 Å². The van der Waals surface area contributed by atoms with E-state index in [2.05, 4.69) is 21.2 Å². The van der Waals surface area contributed by atoms with Crippen LogP contribution in [0, 0.1) is 10.1 Å². The first-order valence-corrected chi connectivity index (χ1v) is 7.59. The maximum Gasteiger partial charge on any atom is 0.292 e. The number of nitro benzene ring substituents is 1. The number of hydrogen-bond acceptors (Lipinski definition) is 3. The van der Waals surface area contributed by atoms with E-state index in [1.54, 1.807) is 30.3 Å². The third-order valence-electron chi connectivity index (χ3n) is 2.96. The molecule has 0 radical (unpaired) electrons. The average Bonchev–Trinajstić information content (AvgIpc) is 2.37. The summed E-state index contributed by atoms with van der Waals surface area (Å²) in [5.74, 6) is 0. The second kappa shape index (κ2) is 6.64. The van der Waals surface area contributed by atoms with Crippen molar-refractivity contribution < 1.29 is 4.92 Å². The van der Waals surface area contributed by atoms with Crippen molar-refractivity contribution in [3.05, 3.63) is 66.6 Å². The maximum atomic E-state index is 11.1. The molecule has 21 heavy (non-hydrogen) atoms. The van der Waals surface area contributed by atoms with Gasteiger partial charge in [-0.25, -0.2) is 0 Å². The number of rotatable bonds is 4. The SMILES string of the molecule is CC(Nc1cc(Br)ccc1[N+](=O)[O-])c1ccc(Cl)cc1Cl. The molecule has 7 heteroatoms. The fraction of sp³-hybridized carbons (Fsp3) is 0.143. The van der Waals surface area contributed by atoms with Crippen molar-refractivity contribution in [2.24, 2.45) is 0 Å². The Morgan fingerprint density at radius 2 is 1.95 bits per heavy atom. The van der Waals surface area contributed by atoms with Crippen LogP contribution in [0.3, 0.4) is 0 Å². The molecule has 0 heterocycles. The van der Waals surface area contributed by atoms with Gasteiger partial charge in [0.1, 0.15) is 5.69 Å². The van der Waals surface area contributed by atoms with Crippen molar-refractivity contribution in [1.29, 1.82) is 0 Å². The molecule has 0 spiro atoms. The highest BCUT2D eigenvalue weighted by Crippen LogP contribution is 2.33. The van der Waals surface area contributed by atoms with Gasteiger partial charge in [0.25, 0.3) is 5.69 Å². The normalized spacial score (nSPS) is 12.0. The Morgan fingerprint density at radius 1 is 1.24 bits per heavy atom. The van der Waals surface area contributed by atoms with Crippen molar-refractivity contribution in [1.82, 2.24) is 0 Å². The zero-order valence-corrected chi connectivity index (χ0v) is 14.0. The Balaban J connectivity index is 2.33. The standard InChI is InChI=1S/C14H11BrCl2N2O2/c1-8(11-4-3-10(16)7-12(11)17)18-13-6-9(15)2-5-14(13)19(20)21/h2-8,18H,1H3. The van der Waals surface area contributed by atoms with Crippen LogP contribution in [0.25, 0.3) is 0 Å². The van der Waals surface area contributed by atoms with E-state index in [4.69, 9.17) is 23.2 Å². The molecular weight excluding hydrogens is 379 g/mol. The van der Waals surface area contributed by atoms with Crippen LogP contribution in [-0.2, 0) is 0 Å². The van der Waals surface area contributed by atoms with Crippen molar-refractivity contribution in [3.8, 4) is 0 Å². The number of hydrogen-bond donors (Lipinski definition) is 1. The van der Waals surface area contributed by atoms with Gasteiger partial charge in [0.05, 0.1) is 11.0 Å². The molecule has 0 fully saturated rings. The predicted molar refractivity (Wildman–Crippen MR) is 89.3 cm³/mol. The highest BCUT2D eigenvalue weighted by Gasteiger charge is 2.17. The van der Waals surface area contributed by atoms with Gasteiger partial charge >= 0.3 is 0 Å². The highest BCUT2D eigenvalue weighted by atomic mass is 79.9. The Hall–Kier alpha value is -1.30. The minimum atomic E-state index is -0.426. The van der Waals surface area contributed by atoms with Gasteiger partial charge in [0.2, 0.25) is 0 Å². The molecule has 0 aromatic heterocycles. The molecule has 2 rings (SSSR count). The van der Waals surface area contributed by atoms with E-state index in [1.807, 2.05) is 6.92 Å².